The van der Waals surface area contributed by atoms with Gasteiger partial charge in [0.25, 0.3) is 0 Å². The minimum Gasteiger partial charge on any atom is -0.381 e. The van der Waals surface area contributed by atoms with E-state index in [1.807, 2.05) is 0 Å². The van der Waals surface area contributed by atoms with Gasteiger partial charge in [0.05, 0.1) is 13.2 Å². The normalized spacial score (nSPS) is 12.5. The van der Waals surface area contributed by atoms with Crippen LogP contribution >= 0.6 is 0 Å². The highest BCUT2D eigenvalue weighted by Crippen LogP contribution is 2.10. The molecule has 0 aromatic rings. The summed E-state index contributed by atoms with van der Waals surface area (Å²) < 4.78 is 11.7. The number of hydrogen-bond acceptors (Lipinski definition) is 2. The SMILES string of the molecule is [CH2]C(COCCCCCCCC/C=C\C/C=C\CCCCC)COCCCCCCCC/C=C\C/C=C\CCCCC. The second-order valence-corrected chi connectivity index (χ2v) is 12.2. The molecule has 2 nitrogen and oxygen atoms in total. The zero-order chi connectivity index (χ0) is 30.4. The predicted octanol–water partition coefficient (Wildman–Crippen LogP) is 13.1. The lowest BCUT2D eigenvalue weighted by molar-refractivity contribution is 0.0519. The number of ether oxygens (including phenoxy) is 2. The zero-order valence-electron chi connectivity index (χ0n) is 28.5. The largest absolute Gasteiger partial charge is 0.381 e. The van der Waals surface area contributed by atoms with Crippen LogP contribution in [0.2, 0.25) is 0 Å². The van der Waals surface area contributed by atoms with E-state index in [-0.39, 0.29) is 5.92 Å². The van der Waals surface area contributed by atoms with Crippen LogP contribution in [-0.4, -0.2) is 26.4 Å². The fourth-order valence-electron chi connectivity index (χ4n) is 4.93. The van der Waals surface area contributed by atoms with E-state index in [4.69, 9.17) is 9.47 Å². The first-order valence-electron chi connectivity index (χ1n) is 18.4. The first kappa shape index (κ1) is 40.9. The van der Waals surface area contributed by atoms with Gasteiger partial charge < -0.3 is 9.47 Å². The Labute approximate surface area is 264 Å². The van der Waals surface area contributed by atoms with Gasteiger partial charge in [0.1, 0.15) is 0 Å². The number of rotatable bonds is 34. The van der Waals surface area contributed by atoms with E-state index < -0.39 is 0 Å². The summed E-state index contributed by atoms with van der Waals surface area (Å²) in [5.41, 5.74) is 0. The highest BCUT2D eigenvalue weighted by molar-refractivity contribution is 4.93. The highest BCUT2D eigenvalue weighted by Gasteiger charge is 2.03. The Bertz CT molecular complexity index is 551. The van der Waals surface area contributed by atoms with Gasteiger partial charge in [0.2, 0.25) is 0 Å². The van der Waals surface area contributed by atoms with Gasteiger partial charge in [-0.3, -0.25) is 0 Å². The third-order valence-corrected chi connectivity index (χ3v) is 7.69. The van der Waals surface area contributed by atoms with Crippen LogP contribution < -0.4 is 0 Å². The summed E-state index contributed by atoms with van der Waals surface area (Å²) in [6.45, 7) is 11.9. The second kappa shape index (κ2) is 37.9. The molecule has 0 atom stereocenters. The molecule has 0 amide bonds. The molecule has 0 aromatic heterocycles. The summed E-state index contributed by atoms with van der Waals surface area (Å²) in [5, 5.41) is 0. The molecule has 0 fully saturated rings. The summed E-state index contributed by atoms with van der Waals surface area (Å²) in [6, 6.07) is 0. The molecule has 0 aliphatic heterocycles. The average Bonchev–Trinajstić information content (AvgIpc) is 3.00. The van der Waals surface area contributed by atoms with Crippen molar-refractivity contribution in [2.24, 2.45) is 5.92 Å². The van der Waals surface area contributed by atoms with E-state index in [1.165, 1.54) is 141 Å². The molecule has 1 radical (unpaired) electrons. The molecular formula is C40H73O2. The van der Waals surface area contributed by atoms with Crippen molar-refractivity contribution in [3.8, 4) is 0 Å². The van der Waals surface area contributed by atoms with Gasteiger partial charge in [0.15, 0.2) is 0 Å². The molecule has 0 bridgehead atoms. The second-order valence-electron chi connectivity index (χ2n) is 12.2. The Hall–Kier alpha value is -1.12. The Morgan fingerprint density at radius 2 is 0.714 bits per heavy atom. The van der Waals surface area contributed by atoms with Crippen molar-refractivity contribution < 1.29 is 9.47 Å². The van der Waals surface area contributed by atoms with Gasteiger partial charge in [-0.05, 0) is 84.0 Å². The van der Waals surface area contributed by atoms with Gasteiger partial charge >= 0.3 is 0 Å². The Morgan fingerprint density at radius 1 is 0.405 bits per heavy atom. The first-order chi connectivity index (χ1) is 20.8. The first-order valence-corrected chi connectivity index (χ1v) is 18.4. The van der Waals surface area contributed by atoms with E-state index in [2.05, 4.69) is 69.4 Å². The summed E-state index contributed by atoms with van der Waals surface area (Å²) in [7, 11) is 0. The van der Waals surface area contributed by atoms with Crippen molar-refractivity contribution in [3.05, 3.63) is 55.5 Å². The van der Waals surface area contributed by atoms with Crippen LogP contribution in [0, 0.1) is 12.8 Å². The molecule has 0 N–H and O–H groups in total. The third kappa shape index (κ3) is 36.9. The summed E-state index contributed by atoms with van der Waals surface area (Å²) >= 11 is 0. The van der Waals surface area contributed by atoms with Gasteiger partial charge in [-0.15, -0.1) is 0 Å². The van der Waals surface area contributed by atoms with Crippen LogP contribution in [0.15, 0.2) is 48.6 Å². The van der Waals surface area contributed by atoms with Crippen molar-refractivity contribution in [1.29, 1.82) is 0 Å². The molecule has 0 aliphatic rings. The van der Waals surface area contributed by atoms with E-state index in [9.17, 15) is 0 Å². The molecule has 245 valence electrons. The maximum atomic E-state index is 5.84. The van der Waals surface area contributed by atoms with E-state index in [0.717, 1.165) is 39.3 Å². The molecule has 0 unspecified atom stereocenters. The van der Waals surface area contributed by atoms with Crippen molar-refractivity contribution in [1.82, 2.24) is 0 Å². The van der Waals surface area contributed by atoms with Crippen LogP contribution in [0.5, 0.6) is 0 Å². The van der Waals surface area contributed by atoms with Crippen LogP contribution in [0.25, 0.3) is 0 Å². The average molecular weight is 586 g/mol. The van der Waals surface area contributed by atoms with E-state index in [0.29, 0.717) is 0 Å². The van der Waals surface area contributed by atoms with Crippen LogP contribution in [0.3, 0.4) is 0 Å². The van der Waals surface area contributed by atoms with Crippen molar-refractivity contribution in [2.45, 2.75) is 168 Å². The van der Waals surface area contributed by atoms with Crippen molar-refractivity contribution in [2.75, 3.05) is 26.4 Å². The number of hydrogen-bond donors (Lipinski definition) is 0. The monoisotopic (exact) mass is 586 g/mol. The van der Waals surface area contributed by atoms with Crippen molar-refractivity contribution >= 4 is 0 Å². The molecule has 42 heavy (non-hydrogen) atoms. The predicted molar refractivity (Wildman–Crippen MR) is 189 cm³/mol. The molecule has 0 rings (SSSR count). The molecule has 0 heterocycles. The number of unbranched alkanes of at least 4 members (excludes halogenated alkanes) is 18. The molecule has 0 saturated heterocycles. The van der Waals surface area contributed by atoms with Gasteiger partial charge in [-0.1, -0.05) is 140 Å². The fourth-order valence-corrected chi connectivity index (χ4v) is 4.93. The van der Waals surface area contributed by atoms with Crippen LogP contribution in [-0.2, 0) is 9.47 Å². The lowest BCUT2D eigenvalue weighted by Crippen LogP contribution is -2.14. The number of allylic oxidation sites excluding steroid dienone is 8. The Kier molecular flexibility index (Phi) is 36.9. The molecular weight excluding hydrogens is 512 g/mol. The maximum Gasteiger partial charge on any atom is 0.0516 e. The summed E-state index contributed by atoms with van der Waals surface area (Å²) in [4.78, 5) is 0. The lowest BCUT2D eigenvalue weighted by Gasteiger charge is -2.12. The smallest absolute Gasteiger partial charge is 0.0516 e. The lowest BCUT2D eigenvalue weighted by atomic mass is 10.1. The Balaban J connectivity index is 3.26. The van der Waals surface area contributed by atoms with Gasteiger partial charge in [-0.25, -0.2) is 0 Å². The summed E-state index contributed by atoms with van der Waals surface area (Å²) in [5.74, 6) is 0.249. The standard InChI is InChI=1S/C40H73O2/c1-4-6-8-10-12-14-16-18-20-22-24-26-28-30-32-34-36-41-38-40(3)39-42-37-35-33-31-29-27-25-23-21-19-17-15-13-11-9-7-5-2/h12-15,18-21,40H,3-11,16-17,22-39H2,1-2H3/b14-12-,15-13-,20-18-,21-19-. The fraction of sp³-hybridized carbons (Fsp3) is 0.775. The Morgan fingerprint density at radius 3 is 1.07 bits per heavy atom. The molecule has 0 spiro atoms. The van der Waals surface area contributed by atoms with E-state index >= 15 is 0 Å². The minimum atomic E-state index is 0.249. The molecule has 2 heteroatoms. The van der Waals surface area contributed by atoms with Crippen LogP contribution in [0.1, 0.15) is 168 Å². The third-order valence-electron chi connectivity index (χ3n) is 7.69. The van der Waals surface area contributed by atoms with E-state index in [1.54, 1.807) is 0 Å². The van der Waals surface area contributed by atoms with Crippen molar-refractivity contribution in [3.63, 3.8) is 0 Å². The maximum absolute atomic E-state index is 5.84. The molecule has 0 saturated carbocycles. The van der Waals surface area contributed by atoms with Gasteiger partial charge in [0, 0.05) is 19.1 Å². The van der Waals surface area contributed by atoms with Gasteiger partial charge in [-0.2, -0.15) is 0 Å². The molecule has 0 aromatic carbocycles. The zero-order valence-corrected chi connectivity index (χ0v) is 28.5. The van der Waals surface area contributed by atoms with Crippen LogP contribution in [0.4, 0.5) is 0 Å². The minimum absolute atomic E-state index is 0.249. The topological polar surface area (TPSA) is 18.5 Å². The highest BCUT2D eigenvalue weighted by atomic mass is 16.5. The summed E-state index contributed by atoms with van der Waals surface area (Å²) in [6.07, 6.45) is 49.5. The quantitative estimate of drug-likeness (QED) is 0.0552. The molecule has 0 aliphatic carbocycles.